The lowest BCUT2D eigenvalue weighted by molar-refractivity contribution is 0.109. The van der Waals surface area contributed by atoms with E-state index in [0.29, 0.717) is 18.4 Å². The second-order valence-corrected chi connectivity index (χ2v) is 7.70. The maximum Gasteiger partial charge on any atom is 0.123 e. The van der Waals surface area contributed by atoms with Gasteiger partial charge in [-0.2, -0.15) is 0 Å². The minimum atomic E-state index is -0.174. The van der Waals surface area contributed by atoms with Crippen molar-refractivity contribution < 1.29 is 13.9 Å². The molecule has 0 bridgehead atoms. The Bertz CT molecular complexity index is 708. The first-order valence-electron chi connectivity index (χ1n) is 10.4. The summed E-state index contributed by atoms with van der Waals surface area (Å²) in [5.41, 5.74) is 1.22. The number of likely N-dealkylation sites (tertiary alicyclic amines) is 1. The lowest BCUT2D eigenvalue weighted by Gasteiger charge is -2.39. The molecule has 160 valence electrons. The van der Waals surface area contributed by atoms with Gasteiger partial charge in [0.25, 0.3) is 0 Å². The van der Waals surface area contributed by atoms with Crippen LogP contribution in [0.25, 0.3) is 0 Å². The lowest BCUT2D eigenvalue weighted by atomic mass is 9.80. The summed E-state index contributed by atoms with van der Waals surface area (Å²) in [6.07, 6.45) is 4.87. The molecule has 0 saturated carbocycles. The Labute approximate surface area is 180 Å². The lowest BCUT2D eigenvalue weighted by Crippen LogP contribution is -2.42. The van der Waals surface area contributed by atoms with E-state index in [1.54, 1.807) is 19.2 Å². The van der Waals surface area contributed by atoms with E-state index >= 15 is 0 Å². The Balaban J connectivity index is 0.00000300. The molecule has 0 N–H and O–H groups in total. The van der Waals surface area contributed by atoms with Gasteiger partial charge < -0.3 is 14.4 Å². The van der Waals surface area contributed by atoms with Gasteiger partial charge in [-0.05, 0) is 73.8 Å². The summed E-state index contributed by atoms with van der Waals surface area (Å²) in [5, 5.41) is 0. The van der Waals surface area contributed by atoms with Crippen molar-refractivity contribution in [2.75, 3.05) is 33.4 Å². The highest BCUT2D eigenvalue weighted by molar-refractivity contribution is 5.85. The van der Waals surface area contributed by atoms with Crippen LogP contribution < -0.4 is 9.47 Å². The molecule has 0 spiro atoms. The van der Waals surface area contributed by atoms with Gasteiger partial charge in [0.05, 0.1) is 13.7 Å². The molecular weight excluding hydrogens is 389 g/mol. The maximum absolute atomic E-state index is 13.4. The second kappa shape index (κ2) is 12.0. The Hall–Kier alpha value is -1.78. The van der Waals surface area contributed by atoms with Crippen LogP contribution in [0.15, 0.2) is 48.5 Å². The molecule has 0 radical (unpaired) electrons. The monoisotopic (exact) mass is 421 g/mol. The van der Waals surface area contributed by atoms with Crippen LogP contribution in [-0.4, -0.2) is 38.3 Å². The van der Waals surface area contributed by atoms with Crippen LogP contribution in [0.5, 0.6) is 11.5 Å². The number of benzene rings is 2. The van der Waals surface area contributed by atoms with Crippen LogP contribution in [0.2, 0.25) is 0 Å². The van der Waals surface area contributed by atoms with E-state index in [1.807, 2.05) is 36.4 Å². The molecule has 1 aliphatic rings. The normalized spacial score (nSPS) is 19.4. The standard InChI is InChI=1S/C24H32FNO2.ClH/c1-3-4-5-15-26-16-14-24(19-6-8-21(25)9-7-19)20(17-26)18-28-23-12-10-22(27-2)11-13-23;/h6-13,20,24H,3-5,14-18H2,1-2H3;1H/t20-,24-;/m1./s1. The van der Waals surface area contributed by atoms with E-state index in [9.17, 15) is 4.39 Å². The first-order valence-corrected chi connectivity index (χ1v) is 10.4. The molecule has 3 nitrogen and oxygen atoms in total. The predicted molar refractivity (Wildman–Crippen MR) is 119 cm³/mol. The van der Waals surface area contributed by atoms with Crippen molar-refractivity contribution >= 4 is 12.4 Å². The average molecular weight is 422 g/mol. The third-order valence-electron chi connectivity index (χ3n) is 5.72. The summed E-state index contributed by atoms with van der Waals surface area (Å²) >= 11 is 0. The van der Waals surface area contributed by atoms with Gasteiger partial charge in [0.2, 0.25) is 0 Å². The van der Waals surface area contributed by atoms with Crippen LogP contribution in [0.3, 0.4) is 0 Å². The van der Waals surface area contributed by atoms with Crippen molar-refractivity contribution in [2.45, 2.75) is 38.5 Å². The molecule has 1 aliphatic heterocycles. The number of halogens is 2. The zero-order valence-electron chi connectivity index (χ0n) is 17.5. The third-order valence-corrected chi connectivity index (χ3v) is 5.72. The fourth-order valence-electron chi connectivity index (χ4n) is 4.09. The molecule has 1 heterocycles. The van der Waals surface area contributed by atoms with Crippen molar-refractivity contribution in [2.24, 2.45) is 5.92 Å². The van der Waals surface area contributed by atoms with Gasteiger partial charge in [-0.3, -0.25) is 0 Å². The Kier molecular flexibility index (Phi) is 9.75. The second-order valence-electron chi connectivity index (χ2n) is 7.70. The SMILES string of the molecule is CCCCCN1CC[C@H](c2ccc(F)cc2)[C@@H](COc2ccc(OC)cc2)C1.Cl. The van der Waals surface area contributed by atoms with Gasteiger partial charge in [-0.25, -0.2) is 4.39 Å². The van der Waals surface area contributed by atoms with Crippen molar-refractivity contribution in [1.82, 2.24) is 4.90 Å². The predicted octanol–water partition coefficient (Wildman–Crippen LogP) is 5.93. The van der Waals surface area contributed by atoms with Gasteiger partial charge in [-0.1, -0.05) is 31.9 Å². The largest absolute Gasteiger partial charge is 0.497 e. The Morgan fingerprint density at radius 3 is 2.34 bits per heavy atom. The van der Waals surface area contributed by atoms with E-state index in [-0.39, 0.29) is 18.2 Å². The highest BCUT2D eigenvalue weighted by Crippen LogP contribution is 2.34. The van der Waals surface area contributed by atoms with E-state index < -0.39 is 0 Å². The molecule has 0 aliphatic carbocycles. The summed E-state index contributed by atoms with van der Waals surface area (Å²) < 4.78 is 24.7. The highest BCUT2D eigenvalue weighted by atomic mass is 35.5. The van der Waals surface area contributed by atoms with Gasteiger partial charge >= 0.3 is 0 Å². The molecule has 2 atom stereocenters. The number of unbranched alkanes of at least 4 members (excludes halogenated alkanes) is 2. The smallest absolute Gasteiger partial charge is 0.123 e. The molecule has 3 rings (SSSR count). The molecule has 1 saturated heterocycles. The van der Waals surface area contributed by atoms with Crippen LogP contribution in [0, 0.1) is 11.7 Å². The van der Waals surface area contributed by atoms with E-state index in [1.165, 1.54) is 24.8 Å². The number of hydrogen-bond acceptors (Lipinski definition) is 3. The number of rotatable bonds is 9. The molecule has 5 heteroatoms. The van der Waals surface area contributed by atoms with Gasteiger partial charge in [-0.15, -0.1) is 12.4 Å². The average Bonchev–Trinajstić information content (AvgIpc) is 2.74. The summed E-state index contributed by atoms with van der Waals surface area (Å²) in [6.45, 7) is 6.20. The zero-order chi connectivity index (χ0) is 19.8. The first kappa shape index (κ1) is 23.5. The molecule has 1 fully saturated rings. The molecule has 0 amide bonds. The highest BCUT2D eigenvalue weighted by Gasteiger charge is 2.30. The van der Waals surface area contributed by atoms with Crippen LogP contribution in [0.1, 0.15) is 44.1 Å². The Morgan fingerprint density at radius 1 is 1.00 bits per heavy atom. The Morgan fingerprint density at radius 2 is 1.69 bits per heavy atom. The molecule has 0 unspecified atom stereocenters. The minimum absolute atomic E-state index is 0. The fourth-order valence-corrected chi connectivity index (χ4v) is 4.09. The third kappa shape index (κ3) is 6.90. The van der Waals surface area contributed by atoms with Gasteiger partial charge in [0.1, 0.15) is 17.3 Å². The van der Waals surface area contributed by atoms with Crippen molar-refractivity contribution in [1.29, 1.82) is 0 Å². The van der Waals surface area contributed by atoms with E-state index in [2.05, 4.69) is 11.8 Å². The molecule has 2 aromatic rings. The molecular formula is C24H33ClFNO2. The van der Waals surface area contributed by atoms with Crippen LogP contribution in [-0.2, 0) is 0 Å². The number of ether oxygens (including phenoxy) is 2. The van der Waals surface area contributed by atoms with Crippen molar-refractivity contribution in [3.05, 3.63) is 59.9 Å². The number of hydrogen-bond donors (Lipinski definition) is 0. The first-order chi connectivity index (χ1) is 13.7. The molecule has 2 aromatic carbocycles. The summed E-state index contributed by atoms with van der Waals surface area (Å²) in [4.78, 5) is 2.57. The van der Waals surface area contributed by atoms with Crippen LogP contribution in [0.4, 0.5) is 4.39 Å². The van der Waals surface area contributed by atoms with Crippen molar-refractivity contribution in [3.8, 4) is 11.5 Å². The summed E-state index contributed by atoms with van der Waals surface area (Å²) in [5.74, 6) is 2.31. The topological polar surface area (TPSA) is 21.7 Å². The summed E-state index contributed by atoms with van der Waals surface area (Å²) in [7, 11) is 1.66. The maximum atomic E-state index is 13.4. The van der Waals surface area contributed by atoms with Crippen LogP contribution >= 0.6 is 12.4 Å². The van der Waals surface area contributed by atoms with Gasteiger partial charge in [0.15, 0.2) is 0 Å². The quantitative estimate of drug-likeness (QED) is 0.468. The molecule has 29 heavy (non-hydrogen) atoms. The summed E-state index contributed by atoms with van der Waals surface area (Å²) in [6, 6.07) is 14.8. The van der Waals surface area contributed by atoms with Crippen molar-refractivity contribution in [3.63, 3.8) is 0 Å². The van der Waals surface area contributed by atoms with E-state index in [4.69, 9.17) is 9.47 Å². The fraction of sp³-hybridized carbons (Fsp3) is 0.500. The minimum Gasteiger partial charge on any atom is -0.497 e. The van der Waals surface area contributed by atoms with Gasteiger partial charge in [0, 0.05) is 12.5 Å². The van der Waals surface area contributed by atoms with E-state index in [0.717, 1.165) is 37.6 Å². The number of nitrogens with zero attached hydrogens (tertiary/aromatic N) is 1. The number of methoxy groups -OCH3 is 1. The molecule has 0 aromatic heterocycles. The number of piperidine rings is 1. The zero-order valence-corrected chi connectivity index (χ0v) is 18.3.